The molecule has 0 bridgehead atoms. The highest BCUT2D eigenvalue weighted by Gasteiger charge is 2.32. The van der Waals surface area contributed by atoms with Gasteiger partial charge in [-0.2, -0.15) is 0 Å². The van der Waals surface area contributed by atoms with Crippen LogP contribution in [0.25, 0.3) is 0 Å². The highest BCUT2D eigenvalue weighted by molar-refractivity contribution is 4.84. The maximum atomic E-state index is 5.68. The Bertz CT molecular complexity index is 123. The molecule has 2 nitrogen and oxygen atoms in total. The molecule has 1 rings (SSSR count). The first-order valence-electron chi connectivity index (χ1n) is 4.53. The van der Waals surface area contributed by atoms with E-state index < -0.39 is 0 Å². The van der Waals surface area contributed by atoms with E-state index in [0.717, 1.165) is 18.4 Å². The Morgan fingerprint density at radius 1 is 1.64 bits per heavy atom. The predicted molar refractivity (Wildman–Crippen MR) is 48.4 cm³/mol. The average Bonchev–Trinajstić information content (AvgIpc) is 2.43. The molecule has 2 heteroatoms. The van der Waals surface area contributed by atoms with Crippen LogP contribution >= 0.6 is 0 Å². The van der Waals surface area contributed by atoms with Crippen molar-refractivity contribution >= 4 is 0 Å². The molecule has 0 amide bonds. The van der Waals surface area contributed by atoms with Gasteiger partial charge in [-0.05, 0) is 32.2 Å². The molecule has 0 aromatic heterocycles. The van der Waals surface area contributed by atoms with Crippen LogP contribution in [0.2, 0.25) is 0 Å². The Morgan fingerprint density at radius 3 is 2.55 bits per heavy atom. The van der Waals surface area contributed by atoms with E-state index in [4.69, 9.17) is 5.73 Å². The van der Waals surface area contributed by atoms with E-state index >= 15 is 0 Å². The summed E-state index contributed by atoms with van der Waals surface area (Å²) in [5, 5.41) is 0. The fourth-order valence-electron chi connectivity index (χ4n) is 1.62. The van der Waals surface area contributed by atoms with Gasteiger partial charge in [-0.1, -0.05) is 6.92 Å². The first-order valence-corrected chi connectivity index (χ1v) is 4.53. The molecule has 1 aliphatic carbocycles. The molecule has 0 aliphatic heterocycles. The Kier molecular flexibility index (Phi) is 2.90. The molecule has 0 spiro atoms. The number of rotatable bonds is 4. The second kappa shape index (κ2) is 3.55. The summed E-state index contributed by atoms with van der Waals surface area (Å²) < 4.78 is 0. The van der Waals surface area contributed by atoms with Gasteiger partial charge in [0.15, 0.2) is 0 Å². The van der Waals surface area contributed by atoms with Gasteiger partial charge < -0.3 is 10.6 Å². The van der Waals surface area contributed by atoms with Crippen LogP contribution in [-0.4, -0.2) is 31.1 Å². The smallest absolute Gasteiger partial charge is 0.0139 e. The molecule has 0 aromatic rings. The quantitative estimate of drug-likeness (QED) is 0.656. The zero-order valence-corrected chi connectivity index (χ0v) is 7.88. The van der Waals surface area contributed by atoms with Gasteiger partial charge in [-0.3, -0.25) is 0 Å². The summed E-state index contributed by atoms with van der Waals surface area (Å²) in [5.74, 6) is 1.92. The molecule has 1 fully saturated rings. The second-order valence-corrected chi connectivity index (χ2v) is 4.17. The number of hydrogen-bond donors (Lipinski definition) is 1. The maximum Gasteiger partial charge on any atom is 0.0139 e. The van der Waals surface area contributed by atoms with E-state index in [-0.39, 0.29) is 0 Å². The predicted octanol–water partition coefficient (Wildman–Crippen LogP) is 0.921. The summed E-state index contributed by atoms with van der Waals surface area (Å²) in [6.45, 7) is 6.66. The topological polar surface area (TPSA) is 29.3 Å². The third kappa shape index (κ3) is 3.21. The molecule has 2 unspecified atom stereocenters. The molecular formula is C9H20N2. The van der Waals surface area contributed by atoms with Crippen LogP contribution in [0, 0.1) is 11.8 Å². The van der Waals surface area contributed by atoms with Crippen molar-refractivity contribution in [3.8, 4) is 0 Å². The van der Waals surface area contributed by atoms with Crippen LogP contribution in [0.1, 0.15) is 20.3 Å². The summed E-state index contributed by atoms with van der Waals surface area (Å²) in [6, 6.07) is 0.314. The van der Waals surface area contributed by atoms with Crippen molar-refractivity contribution in [1.29, 1.82) is 0 Å². The molecular weight excluding hydrogens is 136 g/mol. The molecule has 1 aliphatic rings. The number of nitrogens with zero attached hydrogens (tertiary/aromatic N) is 1. The van der Waals surface area contributed by atoms with Crippen LogP contribution in [0.5, 0.6) is 0 Å². The maximum absolute atomic E-state index is 5.68. The van der Waals surface area contributed by atoms with Crippen LogP contribution in [-0.2, 0) is 0 Å². The van der Waals surface area contributed by atoms with Gasteiger partial charge in [0.1, 0.15) is 0 Å². The lowest BCUT2D eigenvalue weighted by atomic mass is 10.3. The molecule has 0 heterocycles. The fraction of sp³-hybridized carbons (Fsp3) is 1.00. The van der Waals surface area contributed by atoms with Gasteiger partial charge in [0.25, 0.3) is 0 Å². The van der Waals surface area contributed by atoms with E-state index in [9.17, 15) is 0 Å². The van der Waals surface area contributed by atoms with E-state index in [1.807, 2.05) is 0 Å². The number of likely N-dealkylation sites (N-methyl/N-ethyl adjacent to an activating group) is 1. The van der Waals surface area contributed by atoms with Crippen LogP contribution in [0.4, 0.5) is 0 Å². The molecule has 0 radical (unpaired) electrons. The molecule has 1 saturated carbocycles. The third-order valence-corrected chi connectivity index (χ3v) is 2.42. The Labute approximate surface area is 69.8 Å². The van der Waals surface area contributed by atoms with Gasteiger partial charge in [-0.15, -0.1) is 0 Å². The normalized spacial score (nSPS) is 32.5. The molecule has 0 aromatic carbocycles. The minimum Gasteiger partial charge on any atom is -0.327 e. The molecule has 11 heavy (non-hydrogen) atoms. The second-order valence-electron chi connectivity index (χ2n) is 4.17. The van der Waals surface area contributed by atoms with Crippen molar-refractivity contribution in [2.24, 2.45) is 17.6 Å². The van der Waals surface area contributed by atoms with Crippen molar-refractivity contribution in [3.05, 3.63) is 0 Å². The monoisotopic (exact) mass is 156 g/mol. The Morgan fingerprint density at radius 2 is 2.18 bits per heavy atom. The van der Waals surface area contributed by atoms with Gasteiger partial charge in [0.2, 0.25) is 0 Å². The van der Waals surface area contributed by atoms with Gasteiger partial charge in [0, 0.05) is 19.1 Å². The average molecular weight is 156 g/mol. The highest BCUT2D eigenvalue weighted by atomic mass is 15.1. The van der Waals surface area contributed by atoms with Crippen molar-refractivity contribution in [3.63, 3.8) is 0 Å². The fourth-order valence-corrected chi connectivity index (χ4v) is 1.62. The third-order valence-electron chi connectivity index (χ3n) is 2.42. The Hall–Kier alpha value is -0.0800. The first-order chi connectivity index (χ1) is 5.09. The Balaban J connectivity index is 2.06. The lowest BCUT2D eigenvalue weighted by molar-refractivity contribution is 0.300. The molecule has 66 valence electrons. The van der Waals surface area contributed by atoms with Crippen molar-refractivity contribution in [2.75, 3.05) is 20.1 Å². The minimum absolute atomic E-state index is 0.314. The molecule has 3 atom stereocenters. The summed E-state index contributed by atoms with van der Waals surface area (Å²) >= 11 is 0. The lowest BCUT2D eigenvalue weighted by Gasteiger charge is -2.18. The minimum atomic E-state index is 0.314. The number of nitrogens with two attached hydrogens (primary N) is 1. The summed E-state index contributed by atoms with van der Waals surface area (Å²) in [4.78, 5) is 2.35. The van der Waals surface area contributed by atoms with Crippen molar-refractivity contribution < 1.29 is 0 Å². The zero-order chi connectivity index (χ0) is 8.43. The highest BCUT2D eigenvalue weighted by Crippen LogP contribution is 2.37. The van der Waals surface area contributed by atoms with E-state index in [0.29, 0.717) is 6.04 Å². The summed E-state index contributed by atoms with van der Waals surface area (Å²) in [5.41, 5.74) is 5.68. The van der Waals surface area contributed by atoms with Crippen LogP contribution in [0.15, 0.2) is 0 Å². The van der Waals surface area contributed by atoms with Crippen LogP contribution < -0.4 is 5.73 Å². The van der Waals surface area contributed by atoms with Gasteiger partial charge in [-0.25, -0.2) is 0 Å². The van der Waals surface area contributed by atoms with Crippen molar-refractivity contribution in [1.82, 2.24) is 4.90 Å². The van der Waals surface area contributed by atoms with Gasteiger partial charge in [0.05, 0.1) is 0 Å². The van der Waals surface area contributed by atoms with E-state index in [1.165, 1.54) is 13.0 Å². The lowest BCUT2D eigenvalue weighted by Crippen LogP contribution is -2.34. The van der Waals surface area contributed by atoms with E-state index in [2.05, 4.69) is 25.8 Å². The number of hydrogen-bond acceptors (Lipinski definition) is 2. The SMILES string of the molecule is CC1CC1CN(C)C[C@@H](C)N. The zero-order valence-electron chi connectivity index (χ0n) is 7.88. The largest absolute Gasteiger partial charge is 0.327 e. The molecule has 0 saturated heterocycles. The summed E-state index contributed by atoms with van der Waals surface area (Å²) in [7, 11) is 2.16. The first kappa shape index (κ1) is 9.01. The standard InChI is InChI=1S/C9H20N2/c1-7-4-9(7)6-11(3)5-8(2)10/h7-9H,4-6,10H2,1-3H3/t7?,8-,9?/m1/s1. The summed E-state index contributed by atoms with van der Waals surface area (Å²) in [6.07, 6.45) is 1.42. The van der Waals surface area contributed by atoms with E-state index in [1.54, 1.807) is 0 Å². The van der Waals surface area contributed by atoms with Crippen molar-refractivity contribution in [2.45, 2.75) is 26.3 Å². The van der Waals surface area contributed by atoms with Gasteiger partial charge >= 0.3 is 0 Å². The van der Waals surface area contributed by atoms with Crippen LogP contribution in [0.3, 0.4) is 0 Å². The molecule has 2 N–H and O–H groups in total.